The second-order valence-corrected chi connectivity index (χ2v) is 8.22. The fourth-order valence-electron chi connectivity index (χ4n) is 3.81. The molecule has 0 spiro atoms. The van der Waals surface area contributed by atoms with Gasteiger partial charge in [0.05, 0.1) is 30.8 Å². The zero-order chi connectivity index (χ0) is 25.7. The maximum Gasteiger partial charge on any atom is 0.293 e. The first-order chi connectivity index (χ1) is 17.4. The third-order valence-electron chi connectivity index (χ3n) is 5.55. The minimum absolute atomic E-state index is 0.00604. The van der Waals surface area contributed by atoms with E-state index in [4.69, 9.17) is 26.1 Å². The summed E-state index contributed by atoms with van der Waals surface area (Å²) in [7, 11) is 1.52. The molecule has 188 valence electrons. The highest BCUT2D eigenvalue weighted by Gasteiger charge is 2.23. The van der Waals surface area contributed by atoms with E-state index in [1.807, 2.05) is 4.90 Å². The number of nitrogens with one attached hydrogen (secondary N) is 2. The average molecular weight is 513 g/mol. The van der Waals surface area contributed by atoms with Gasteiger partial charge < -0.3 is 29.2 Å². The standard InChI is InChI=1S/C24H24N4O7S/c1-33-21-6-3-16(13-18(21)22-7-4-17(14-29)35-22)25-24(36)26-23(30)15-2-5-19(20(12-15)28(31)32)27-8-10-34-11-9-27/h2-7,12-13,29H,8-11,14H2,1H3,(H2,25,26,30,36). The van der Waals surface area contributed by atoms with E-state index >= 15 is 0 Å². The minimum Gasteiger partial charge on any atom is -0.496 e. The van der Waals surface area contributed by atoms with Crippen molar-refractivity contribution in [3.05, 3.63) is 70.0 Å². The lowest BCUT2D eigenvalue weighted by Crippen LogP contribution is -2.37. The second-order valence-electron chi connectivity index (χ2n) is 7.81. The van der Waals surface area contributed by atoms with Crippen LogP contribution in [0.5, 0.6) is 5.75 Å². The van der Waals surface area contributed by atoms with Crippen LogP contribution in [0, 0.1) is 10.1 Å². The molecule has 0 atom stereocenters. The number of thiocarbonyl (C=S) groups is 1. The van der Waals surface area contributed by atoms with E-state index in [1.54, 1.807) is 36.4 Å². The molecule has 4 rings (SSSR count). The Kier molecular flexibility index (Phi) is 7.78. The molecule has 0 aliphatic carbocycles. The predicted molar refractivity (Wildman–Crippen MR) is 136 cm³/mol. The van der Waals surface area contributed by atoms with Gasteiger partial charge in [-0.25, -0.2) is 0 Å². The van der Waals surface area contributed by atoms with E-state index in [0.29, 0.717) is 60.5 Å². The SMILES string of the molecule is COc1ccc(NC(=S)NC(=O)c2ccc(N3CCOCC3)c([N+](=O)[O-])c2)cc1-c1ccc(CO)o1. The lowest BCUT2D eigenvalue weighted by atomic mass is 10.1. The zero-order valence-corrected chi connectivity index (χ0v) is 20.2. The van der Waals surface area contributed by atoms with Crippen LogP contribution in [0.1, 0.15) is 16.1 Å². The van der Waals surface area contributed by atoms with Crippen LogP contribution in [0.25, 0.3) is 11.3 Å². The molecule has 0 saturated carbocycles. The smallest absolute Gasteiger partial charge is 0.293 e. The van der Waals surface area contributed by atoms with Gasteiger partial charge in [0.1, 0.15) is 29.6 Å². The van der Waals surface area contributed by atoms with Crippen molar-refractivity contribution in [2.24, 2.45) is 0 Å². The number of morpholine rings is 1. The van der Waals surface area contributed by atoms with Crippen LogP contribution in [-0.2, 0) is 11.3 Å². The van der Waals surface area contributed by atoms with Crippen molar-refractivity contribution < 1.29 is 28.7 Å². The summed E-state index contributed by atoms with van der Waals surface area (Å²) in [6.07, 6.45) is 0. The number of methoxy groups -OCH3 is 1. The predicted octanol–water partition coefficient (Wildman–Crippen LogP) is 3.32. The highest BCUT2D eigenvalue weighted by molar-refractivity contribution is 7.80. The molecule has 1 aliphatic heterocycles. The van der Waals surface area contributed by atoms with Crippen LogP contribution in [0.4, 0.5) is 17.1 Å². The molecule has 0 unspecified atom stereocenters. The van der Waals surface area contributed by atoms with Gasteiger partial charge in [0.15, 0.2) is 5.11 Å². The number of ether oxygens (including phenoxy) is 2. The van der Waals surface area contributed by atoms with Crippen molar-refractivity contribution in [1.29, 1.82) is 0 Å². The van der Waals surface area contributed by atoms with Crippen LogP contribution in [0.3, 0.4) is 0 Å². The molecular formula is C24H24N4O7S. The summed E-state index contributed by atoms with van der Waals surface area (Å²) in [5.74, 6) is 0.850. The molecule has 3 aromatic rings. The van der Waals surface area contributed by atoms with Gasteiger partial charge in [-0.2, -0.15) is 0 Å². The first-order valence-electron chi connectivity index (χ1n) is 11.0. The zero-order valence-electron chi connectivity index (χ0n) is 19.4. The third-order valence-corrected chi connectivity index (χ3v) is 5.76. The Bertz CT molecular complexity index is 1290. The number of aliphatic hydroxyl groups is 1. The monoisotopic (exact) mass is 512 g/mol. The van der Waals surface area contributed by atoms with Crippen molar-refractivity contribution in [2.45, 2.75) is 6.61 Å². The number of anilines is 2. The van der Waals surface area contributed by atoms with E-state index in [1.165, 1.54) is 19.2 Å². The molecule has 0 radical (unpaired) electrons. The van der Waals surface area contributed by atoms with Crippen LogP contribution < -0.4 is 20.3 Å². The normalized spacial score (nSPS) is 13.2. The molecule has 12 heteroatoms. The summed E-state index contributed by atoms with van der Waals surface area (Å²) in [6.45, 7) is 1.79. The number of rotatable bonds is 7. The lowest BCUT2D eigenvalue weighted by Gasteiger charge is -2.28. The van der Waals surface area contributed by atoms with Crippen LogP contribution in [-0.4, -0.2) is 54.5 Å². The number of furan rings is 1. The summed E-state index contributed by atoms with van der Waals surface area (Å²) in [4.78, 5) is 25.8. The summed E-state index contributed by atoms with van der Waals surface area (Å²) in [5, 5.41) is 26.4. The first-order valence-corrected chi connectivity index (χ1v) is 11.4. The van der Waals surface area contributed by atoms with Crippen LogP contribution >= 0.6 is 12.2 Å². The molecule has 11 nitrogen and oxygen atoms in total. The van der Waals surface area contributed by atoms with Gasteiger partial charge in [-0.3, -0.25) is 20.2 Å². The molecule has 0 bridgehead atoms. The lowest BCUT2D eigenvalue weighted by molar-refractivity contribution is -0.384. The van der Waals surface area contributed by atoms with E-state index in [0.717, 1.165) is 0 Å². The number of nitro benzene ring substituents is 1. The molecular weight excluding hydrogens is 488 g/mol. The van der Waals surface area contributed by atoms with Gasteiger partial charge in [0, 0.05) is 30.4 Å². The number of nitro groups is 1. The number of benzene rings is 2. The highest BCUT2D eigenvalue weighted by Crippen LogP contribution is 2.34. The van der Waals surface area contributed by atoms with Crippen molar-refractivity contribution in [3.8, 4) is 17.1 Å². The maximum absolute atomic E-state index is 12.8. The van der Waals surface area contributed by atoms with Crippen molar-refractivity contribution >= 4 is 40.3 Å². The maximum atomic E-state index is 12.8. The van der Waals surface area contributed by atoms with Gasteiger partial charge in [-0.1, -0.05) is 0 Å². The van der Waals surface area contributed by atoms with E-state index in [2.05, 4.69) is 10.6 Å². The number of carbonyl (C=O) groups excluding carboxylic acids is 1. The topological polar surface area (TPSA) is 139 Å². The van der Waals surface area contributed by atoms with Gasteiger partial charge in [-0.15, -0.1) is 0 Å². The Balaban J connectivity index is 1.48. The van der Waals surface area contributed by atoms with E-state index < -0.39 is 10.8 Å². The van der Waals surface area contributed by atoms with Crippen molar-refractivity contribution in [2.75, 3.05) is 43.6 Å². The van der Waals surface area contributed by atoms with Gasteiger partial charge in [0.25, 0.3) is 11.6 Å². The average Bonchev–Trinajstić information content (AvgIpc) is 3.38. The molecule has 2 aromatic carbocycles. The quantitative estimate of drug-likeness (QED) is 0.245. The Morgan fingerprint density at radius 3 is 2.64 bits per heavy atom. The number of hydrogen-bond acceptors (Lipinski definition) is 9. The Morgan fingerprint density at radius 1 is 1.19 bits per heavy atom. The fourth-order valence-corrected chi connectivity index (χ4v) is 4.02. The van der Waals surface area contributed by atoms with Crippen LogP contribution in [0.2, 0.25) is 0 Å². The molecule has 36 heavy (non-hydrogen) atoms. The summed E-state index contributed by atoms with van der Waals surface area (Å²) < 4.78 is 16.3. The molecule has 2 heterocycles. The van der Waals surface area contributed by atoms with E-state index in [-0.39, 0.29) is 23.0 Å². The third kappa shape index (κ3) is 5.62. The molecule has 1 amide bonds. The number of hydrogen-bond donors (Lipinski definition) is 3. The summed E-state index contributed by atoms with van der Waals surface area (Å²) in [6, 6.07) is 12.8. The largest absolute Gasteiger partial charge is 0.496 e. The Hall–Kier alpha value is -4.00. The minimum atomic E-state index is -0.587. The van der Waals surface area contributed by atoms with Crippen molar-refractivity contribution in [3.63, 3.8) is 0 Å². The van der Waals surface area contributed by atoms with Gasteiger partial charge in [-0.05, 0) is 54.7 Å². The highest BCUT2D eigenvalue weighted by atomic mass is 32.1. The number of amides is 1. The Labute approximate surface area is 211 Å². The first kappa shape index (κ1) is 25.1. The van der Waals surface area contributed by atoms with Crippen molar-refractivity contribution in [1.82, 2.24) is 5.32 Å². The number of carbonyl (C=O) groups is 1. The van der Waals surface area contributed by atoms with Gasteiger partial charge >= 0.3 is 0 Å². The second kappa shape index (κ2) is 11.2. The van der Waals surface area contributed by atoms with E-state index in [9.17, 15) is 20.0 Å². The molecule has 3 N–H and O–H groups in total. The number of nitrogens with zero attached hydrogens (tertiary/aromatic N) is 2. The summed E-state index contributed by atoms with van der Waals surface area (Å²) >= 11 is 5.28. The van der Waals surface area contributed by atoms with Crippen LogP contribution in [0.15, 0.2) is 52.9 Å². The Morgan fingerprint density at radius 2 is 1.97 bits per heavy atom. The fraction of sp³-hybridized carbons (Fsp3) is 0.250. The molecule has 1 aliphatic rings. The number of aliphatic hydroxyl groups excluding tert-OH is 1. The molecule has 1 saturated heterocycles. The molecule has 1 fully saturated rings. The summed E-state index contributed by atoms with van der Waals surface area (Å²) in [5.41, 5.74) is 1.54. The molecule has 1 aromatic heterocycles. The van der Waals surface area contributed by atoms with Gasteiger partial charge in [0.2, 0.25) is 0 Å².